The maximum atomic E-state index is 11.2. The van der Waals surface area contributed by atoms with Crippen LogP contribution in [0.5, 0.6) is 0 Å². The van der Waals surface area contributed by atoms with Gasteiger partial charge in [-0.2, -0.15) is 0 Å². The van der Waals surface area contributed by atoms with E-state index in [4.69, 9.17) is 4.74 Å². The Morgan fingerprint density at radius 3 is 2.71 bits per heavy atom. The minimum Gasteiger partial charge on any atom is -0.394 e. The van der Waals surface area contributed by atoms with E-state index in [1.807, 2.05) is 19.0 Å². The Morgan fingerprint density at radius 1 is 1.33 bits per heavy atom. The van der Waals surface area contributed by atoms with Crippen LogP contribution in [0.4, 0.5) is 5.82 Å². The number of aliphatic hydroxyl groups is 3. The number of imidazole rings is 1. The summed E-state index contributed by atoms with van der Waals surface area (Å²) in [6.07, 6.45) is 1.75. The average molecular weight is 335 g/mol. The predicted octanol–water partition coefficient (Wildman–Crippen LogP) is -0.716. The van der Waals surface area contributed by atoms with Crippen LogP contribution in [0.1, 0.15) is 19.1 Å². The van der Waals surface area contributed by atoms with Crippen molar-refractivity contribution < 1.29 is 20.1 Å². The van der Waals surface area contributed by atoms with Gasteiger partial charge in [-0.3, -0.25) is 4.57 Å². The molecule has 24 heavy (non-hydrogen) atoms. The highest BCUT2D eigenvalue weighted by atomic mass is 16.6. The number of fused-ring (bicyclic) bond motifs is 1. The summed E-state index contributed by atoms with van der Waals surface area (Å²) in [5, 5.41) is 31.1. The van der Waals surface area contributed by atoms with E-state index in [0.717, 1.165) is 12.8 Å². The number of anilines is 1. The normalized spacial score (nSPS) is 33.3. The number of hydrogen-bond donors (Lipinski definition) is 3. The number of aromatic nitrogens is 4. The molecule has 4 rings (SSSR count). The SMILES string of the molecule is CN(C)c1ncnc2c1ncn2[C@@H]1O[C@H](CO)[C@@H](O)[C@]1(O)C1CC1. The van der Waals surface area contributed by atoms with Gasteiger partial charge in [0.2, 0.25) is 0 Å². The molecule has 0 radical (unpaired) electrons. The Kier molecular flexibility index (Phi) is 3.50. The lowest BCUT2D eigenvalue weighted by molar-refractivity contribution is -0.121. The summed E-state index contributed by atoms with van der Waals surface area (Å²) >= 11 is 0. The molecule has 0 aromatic carbocycles. The minimum atomic E-state index is -1.47. The Morgan fingerprint density at radius 2 is 2.08 bits per heavy atom. The van der Waals surface area contributed by atoms with Crippen molar-refractivity contribution in [1.82, 2.24) is 19.5 Å². The zero-order valence-electron chi connectivity index (χ0n) is 13.6. The maximum absolute atomic E-state index is 11.2. The van der Waals surface area contributed by atoms with Crippen molar-refractivity contribution in [3.8, 4) is 0 Å². The van der Waals surface area contributed by atoms with Gasteiger partial charge in [0.25, 0.3) is 0 Å². The maximum Gasteiger partial charge on any atom is 0.168 e. The Hall–Kier alpha value is -1.81. The van der Waals surface area contributed by atoms with Crippen LogP contribution < -0.4 is 4.90 Å². The number of ether oxygens (including phenoxy) is 1. The molecule has 1 saturated heterocycles. The minimum absolute atomic E-state index is 0.0679. The van der Waals surface area contributed by atoms with Gasteiger partial charge in [-0.05, 0) is 18.8 Å². The van der Waals surface area contributed by atoms with E-state index >= 15 is 0 Å². The first-order valence-electron chi connectivity index (χ1n) is 8.00. The third-order valence-corrected chi connectivity index (χ3v) is 4.95. The average Bonchev–Trinajstić information content (AvgIpc) is 3.29. The Balaban J connectivity index is 1.83. The van der Waals surface area contributed by atoms with Gasteiger partial charge in [0.1, 0.15) is 24.1 Å². The molecule has 2 aromatic rings. The molecule has 130 valence electrons. The van der Waals surface area contributed by atoms with E-state index in [0.29, 0.717) is 17.0 Å². The standard InChI is InChI=1S/C15H21N5O4/c1-19(2)12-10-13(17-6-16-12)20(7-18-10)14-15(23,8-3-4-8)11(22)9(5-21)24-14/h6-9,11,14,21-23H,3-5H2,1-2H3/t9-,11-,14-,15-/m1/s1. The molecular formula is C15H21N5O4. The molecule has 4 atom stereocenters. The van der Waals surface area contributed by atoms with Crippen LogP contribution in [0.2, 0.25) is 0 Å². The van der Waals surface area contributed by atoms with E-state index in [9.17, 15) is 15.3 Å². The fourth-order valence-electron chi connectivity index (χ4n) is 3.55. The van der Waals surface area contributed by atoms with Crippen molar-refractivity contribution in [1.29, 1.82) is 0 Å². The molecular weight excluding hydrogens is 314 g/mol. The highest BCUT2D eigenvalue weighted by Crippen LogP contribution is 2.52. The number of hydrogen-bond acceptors (Lipinski definition) is 8. The Bertz CT molecular complexity index is 761. The molecule has 3 heterocycles. The summed E-state index contributed by atoms with van der Waals surface area (Å²) in [7, 11) is 3.72. The predicted molar refractivity (Wildman–Crippen MR) is 84.3 cm³/mol. The lowest BCUT2D eigenvalue weighted by Gasteiger charge is -2.31. The number of aliphatic hydroxyl groups excluding tert-OH is 2. The van der Waals surface area contributed by atoms with Gasteiger partial charge in [0.05, 0.1) is 12.9 Å². The molecule has 1 saturated carbocycles. The van der Waals surface area contributed by atoms with Crippen LogP contribution >= 0.6 is 0 Å². The molecule has 2 aliphatic rings. The van der Waals surface area contributed by atoms with Crippen LogP contribution in [0, 0.1) is 5.92 Å². The van der Waals surface area contributed by atoms with E-state index < -0.39 is 24.0 Å². The van der Waals surface area contributed by atoms with E-state index in [1.165, 1.54) is 12.7 Å². The molecule has 0 unspecified atom stereocenters. The topological polar surface area (TPSA) is 117 Å². The lowest BCUT2D eigenvalue weighted by atomic mass is 9.89. The largest absolute Gasteiger partial charge is 0.394 e. The van der Waals surface area contributed by atoms with Gasteiger partial charge in [-0.25, -0.2) is 15.0 Å². The van der Waals surface area contributed by atoms with Crippen molar-refractivity contribution in [2.24, 2.45) is 5.92 Å². The first kappa shape index (κ1) is 15.7. The van der Waals surface area contributed by atoms with Gasteiger partial charge in [-0.1, -0.05) is 0 Å². The summed E-state index contributed by atoms with van der Waals surface area (Å²) < 4.78 is 7.42. The molecule has 3 N–H and O–H groups in total. The highest BCUT2D eigenvalue weighted by Gasteiger charge is 2.63. The van der Waals surface area contributed by atoms with Crippen molar-refractivity contribution >= 4 is 17.0 Å². The number of nitrogens with zero attached hydrogens (tertiary/aromatic N) is 5. The quantitative estimate of drug-likeness (QED) is 0.670. The molecule has 9 heteroatoms. The lowest BCUT2D eigenvalue weighted by Crippen LogP contribution is -2.48. The van der Waals surface area contributed by atoms with Crippen LogP contribution in [0.15, 0.2) is 12.7 Å². The smallest absolute Gasteiger partial charge is 0.168 e. The van der Waals surface area contributed by atoms with Gasteiger partial charge >= 0.3 is 0 Å². The van der Waals surface area contributed by atoms with Crippen LogP contribution in [-0.2, 0) is 4.74 Å². The highest BCUT2D eigenvalue weighted by molar-refractivity contribution is 5.83. The summed E-state index contributed by atoms with van der Waals surface area (Å²) in [6.45, 7) is -0.364. The van der Waals surface area contributed by atoms with E-state index in [-0.39, 0.29) is 12.5 Å². The van der Waals surface area contributed by atoms with Crippen LogP contribution in [0.25, 0.3) is 11.2 Å². The van der Waals surface area contributed by atoms with Crippen molar-refractivity contribution in [2.45, 2.75) is 36.9 Å². The Labute approximate surface area is 138 Å². The van der Waals surface area contributed by atoms with Crippen molar-refractivity contribution in [3.05, 3.63) is 12.7 Å². The summed E-state index contributed by atoms with van der Waals surface area (Å²) in [4.78, 5) is 14.7. The fourth-order valence-corrected chi connectivity index (χ4v) is 3.55. The van der Waals surface area contributed by atoms with Gasteiger partial charge in [-0.15, -0.1) is 0 Å². The summed E-state index contributed by atoms with van der Waals surface area (Å²) in [6, 6.07) is 0. The molecule has 9 nitrogen and oxygen atoms in total. The van der Waals surface area contributed by atoms with E-state index in [2.05, 4.69) is 15.0 Å². The first-order chi connectivity index (χ1) is 11.5. The van der Waals surface area contributed by atoms with Gasteiger partial charge in [0, 0.05) is 14.1 Å². The van der Waals surface area contributed by atoms with Crippen LogP contribution in [-0.4, -0.2) is 73.3 Å². The third-order valence-electron chi connectivity index (χ3n) is 4.95. The first-order valence-corrected chi connectivity index (χ1v) is 8.00. The second-order valence-electron chi connectivity index (χ2n) is 6.73. The number of rotatable bonds is 4. The second kappa shape index (κ2) is 5.35. The van der Waals surface area contributed by atoms with Crippen LogP contribution in [0.3, 0.4) is 0 Å². The molecule has 1 aliphatic carbocycles. The molecule has 0 spiro atoms. The van der Waals surface area contributed by atoms with E-state index in [1.54, 1.807) is 4.57 Å². The summed E-state index contributed by atoms with van der Waals surface area (Å²) in [5.41, 5.74) is -0.362. The third kappa shape index (κ3) is 2.05. The molecule has 0 amide bonds. The molecule has 0 bridgehead atoms. The zero-order valence-corrected chi connectivity index (χ0v) is 13.6. The van der Waals surface area contributed by atoms with Gasteiger partial charge < -0.3 is 25.0 Å². The fraction of sp³-hybridized carbons (Fsp3) is 0.667. The molecule has 1 aliphatic heterocycles. The molecule has 2 aromatic heterocycles. The molecule has 2 fully saturated rings. The van der Waals surface area contributed by atoms with Crippen molar-refractivity contribution in [3.63, 3.8) is 0 Å². The monoisotopic (exact) mass is 335 g/mol. The second-order valence-corrected chi connectivity index (χ2v) is 6.73. The summed E-state index contributed by atoms with van der Waals surface area (Å²) in [5.74, 6) is 0.590. The van der Waals surface area contributed by atoms with Gasteiger partial charge in [0.15, 0.2) is 23.2 Å². The van der Waals surface area contributed by atoms with Crippen molar-refractivity contribution in [2.75, 3.05) is 25.6 Å². The zero-order chi connectivity index (χ0) is 17.1.